The van der Waals surface area contributed by atoms with Crippen molar-refractivity contribution in [2.24, 2.45) is 5.92 Å². The molecule has 1 aliphatic heterocycles. The molecular formula is C15H15NO5. The Hall–Kier alpha value is -2.63. The summed E-state index contributed by atoms with van der Waals surface area (Å²) in [5.74, 6) is -3.48. The maximum absolute atomic E-state index is 12.3. The fourth-order valence-corrected chi connectivity index (χ4v) is 2.45. The van der Waals surface area contributed by atoms with E-state index in [0.29, 0.717) is 5.69 Å². The number of amides is 1. The van der Waals surface area contributed by atoms with Gasteiger partial charge in [-0.05, 0) is 19.1 Å². The van der Waals surface area contributed by atoms with E-state index in [2.05, 4.69) is 4.74 Å². The topological polar surface area (TPSA) is 83.9 Å². The van der Waals surface area contributed by atoms with Crippen LogP contribution in [0.15, 0.2) is 41.6 Å². The molecule has 0 aliphatic carbocycles. The van der Waals surface area contributed by atoms with E-state index >= 15 is 0 Å². The third-order valence-corrected chi connectivity index (χ3v) is 3.42. The zero-order valence-corrected chi connectivity index (χ0v) is 11.7. The first-order chi connectivity index (χ1) is 9.97. The van der Waals surface area contributed by atoms with Crippen LogP contribution in [0, 0.1) is 5.92 Å². The van der Waals surface area contributed by atoms with Crippen LogP contribution in [0.4, 0.5) is 5.69 Å². The number of anilines is 1. The number of para-hydroxylation sites is 1. The zero-order valence-electron chi connectivity index (χ0n) is 11.7. The Kier molecular flexibility index (Phi) is 4.07. The lowest BCUT2D eigenvalue weighted by Gasteiger charge is -2.32. The van der Waals surface area contributed by atoms with Crippen LogP contribution in [0.1, 0.15) is 13.3 Å². The molecule has 0 saturated heterocycles. The highest BCUT2D eigenvalue weighted by atomic mass is 16.5. The highest BCUT2D eigenvalue weighted by Crippen LogP contribution is 2.33. The molecule has 0 aromatic heterocycles. The van der Waals surface area contributed by atoms with Gasteiger partial charge in [-0.3, -0.25) is 14.5 Å². The second-order valence-corrected chi connectivity index (χ2v) is 4.65. The molecule has 1 N–H and O–H groups in total. The predicted molar refractivity (Wildman–Crippen MR) is 74.4 cm³/mol. The number of carboxylic acids is 1. The van der Waals surface area contributed by atoms with Crippen LogP contribution in [-0.4, -0.2) is 30.1 Å². The smallest absolute Gasteiger partial charge is 0.336 e. The van der Waals surface area contributed by atoms with E-state index in [1.165, 1.54) is 12.0 Å². The van der Waals surface area contributed by atoms with Gasteiger partial charge in [0.1, 0.15) is 0 Å². The average molecular weight is 289 g/mol. The normalized spacial score (nSPS) is 18.7. The maximum atomic E-state index is 12.3. The van der Waals surface area contributed by atoms with Crippen molar-refractivity contribution in [3.8, 4) is 0 Å². The fraction of sp³-hybridized carbons (Fsp3) is 0.267. The number of carbonyl (C=O) groups excluding carboxylic acids is 2. The summed E-state index contributed by atoms with van der Waals surface area (Å²) in [4.78, 5) is 36.8. The summed E-state index contributed by atoms with van der Waals surface area (Å²) < 4.78 is 4.66. The Morgan fingerprint density at radius 3 is 2.43 bits per heavy atom. The van der Waals surface area contributed by atoms with E-state index in [9.17, 15) is 19.5 Å². The lowest BCUT2D eigenvalue weighted by atomic mass is 9.89. The third-order valence-electron chi connectivity index (χ3n) is 3.42. The van der Waals surface area contributed by atoms with E-state index < -0.39 is 17.9 Å². The van der Waals surface area contributed by atoms with E-state index in [1.807, 2.05) is 0 Å². The molecule has 6 heteroatoms. The van der Waals surface area contributed by atoms with Crippen LogP contribution < -0.4 is 4.90 Å². The molecule has 0 radical (unpaired) electrons. The van der Waals surface area contributed by atoms with Gasteiger partial charge in [-0.25, -0.2) is 4.79 Å². The van der Waals surface area contributed by atoms with E-state index in [4.69, 9.17) is 0 Å². The summed E-state index contributed by atoms with van der Waals surface area (Å²) in [6.45, 7) is 1.55. The molecular weight excluding hydrogens is 274 g/mol. The minimum absolute atomic E-state index is 0.00783. The van der Waals surface area contributed by atoms with Crippen LogP contribution >= 0.6 is 0 Å². The van der Waals surface area contributed by atoms with Gasteiger partial charge in [0.25, 0.3) is 0 Å². The van der Waals surface area contributed by atoms with Crippen LogP contribution in [-0.2, 0) is 19.1 Å². The molecule has 1 amide bonds. The molecule has 1 heterocycles. The predicted octanol–water partition coefficient (Wildman–Crippen LogP) is 1.57. The second kappa shape index (κ2) is 5.78. The molecule has 0 fully saturated rings. The Morgan fingerprint density at radius 2 is 1.90 bits per heavy atom. The summed E-state index contributed by atoms with van der Waals surface area (Å²) >= 11 is 0. The van der Waals surface area contributed by atoms with Gasteiger partial charge < -0.3 is 9.84 Å². The lowest BCUT2D eigenvalue weighted by Crippen LogP contribution is -2.41. The van der Waals surface area contributed by atoms with Crippen molar-refractivity contribution in [2.75, 3.05) is 12.0 Å². The van der Waals surface area contributed by atoms with E-state index in [1.54, 1.807) is 37.3 Å². The van der Waals surface area contributed by atoms with Gasteiger partial charge in [-0.1, -0.05) is 18.2 Å². The number of methoxy groups -OCH3 is 1. The van der Waals surface area contributed by atoms with Gasteiger partial charge in [0.05, 0.1) is 18.6 Å². The number of carbonyl (C=O) groups is 3. The molecule has 1 atom stereocenters. The molecule has 0 bridgehead atoms. The Morgan fingerprint density at radius 1 is 1.29 bits per heavy atom. The first kappa shape index (κ1) is 14.8. The Labute approximate surface area is 121 Å². The van der Waals surface area contributed by atoms with Crippen molar-refractivity contribution in [3.05, 3.63) is 41.6 Å². The largest absolute Gasteiger partial charge is 0.481 e. The van der Waals surface area contributed by atoms with Crippen LogP contribution in [0.3, 0.4) is 0 Å². The second-order valence-electron chi connectivity index (χ2n) is 4.65. The van der Waals surface area contributed by atoms with Gasteiger partial charge in [0, 0.05) is 17.8 Å². The van der Waals surface area contributed by atoms with Gasteiger partial charge in [-0.15, -0.1) is 0 Å². The van der Waals surface area contributed by atoms with Gasteiger partial charge >= 0.3 is 11.9 Å². The molecule has 21 heavy (non-hydrogen) atoms. The third kappa shape index (κ3) is 2.65. The molecule has 1 unspecified atom stereocenters. The Balaban J connectivity index is 2.57. The molecule has 1 aromatic carbocycles. The molecule has 0 saturated carbocycles. The number of rotatable bonds is 3. The first-order valence-electron chi connectivity index (χ1n) is 6.37. The average Bonchev–Trinajstić information content (AvgIpc) is 2.47. The first-order valence-corrected chi connectivity index (χ1v) is 6.37. The van der Waals surface area contributed by atoms with Crippen molar-refractivity contribution in [2.45, 2.75) is 13.3 Å². The van der Waals surface area contributed by atoms with Gasteiger partial charge in [0.2, 0.25) is 5.91 Å². The fourth-order valence-electron chi connectivity index (χ4n) is 2.45. The number of allylic oxidation sites excluding steroid dienone is 1. The standard InChI is InChI=1S/C15H15NO5/c1-9-13(15(20)21-2)11(14(18)19)8-12(17)16(9)10-6-4-3-5-7-10/h3-7,11H,8H2,1-2H3,(H,18,19). The highest BCUT2D eigenvalue weighted by Gasteiger charge is 2.40. The number of hydrogen-bond donors (Lipinski definition) is 1. The summed E-state index contributed by atoms with van der Waals surface area (Å²) in [6, 6.07) is 8.76. The summed E-state index contributed by atoms with van der Waals surface area (Å²) in [5.41, 5.74) is 0.885. The molecule has 0 spiro atoms. The summed E-state index contributed by atoms with van der Waals surface area (Å²) in [7, 11) is 1.19. The molecule has 110 valence electrons. The number of benzene rings is 1. The number of ether oxygens (including phenoxy) is 1. The summed E-state index contributed by atoms with van der Waals surface area (Å²) in [5, 5.41) is 9.23. The quantitative estimate of drug-likeness (QED) is 0.854. The lowest BCUT2D eigenvalue weighted by molar-refractivity contribution is -0.146. The van der Waals surface area contributed by atoms with Crippen molar-refractivity contribution in [3.63, 3.8) is 0 Å². The number of esters is 1. The minimum atomic E-state index is -1.21. The van der Waals surface area contributed by atoms with Crippen LogP contribution in [0.2, 0.25) is 0 Å². The Bertz CT molecular complexity index is 620. The zero-order chi connectivity index (χ0) is 15.6. The number of hydrogen-bond acceptors (Lipinski definition) is 4. The number of nitrogens with zero attached hydrogens (tertiary/aromatic N) is 1. The minimum Gasteiger partial charge on any atom is -0.481 e. The van der Waals surface area contributed by atoms with Crippen molar-refractivity contribution < 1.29 is 24.2 Å². The number of carboxylic acid groups (broad SMARTS) is 1. The van der Waals surface area contributed by atoms with Crippen LogP contribution in [0.25, 0.3) is 0 Å². The monoisotopic (exact) mass is 289 g/mol. The molecule has 2 rings (SSSR count). The van der Waals surface area contributed by atoms with Crippen molar-refractivity contribution >= 4 is 23.5 Å². The van der Waals surface area contributed by atoms with Crippen LogP contribution in [0.5, 0.6) is 0 Å². The van der Waals surface area contributed by atoms with Gasteiger partial charge in [-0.2, -0.15) is 0 Å². The highest BCUT2D eigenvalue weighted by molar-refractivity contribution is 6.07. The molecule has 6 nitrogen and oxygen atoms in total. The SMILES string of the molecule is COC(=O)C1=C(C)N(c2ccccc2)C(=O)CC1C(=O)O. The van der Waals surface area contributed by atoms with Crippen molar-refractivity contribution in [1.82, 2.24) is 0 Å². The van der Waals surface area contributed by atoms with Crippen molar-refractivity contribution in [1.29, 1.82) is 0 Å². The maximum Gasteiger partial charge on any atom is 0.336 e. The molecule has 1 aromatic rings. The van der Waals surface area contributed by atoms with Gasteiger partial charge in [0.15, 0.2) is 0 Å². The number of aliphatic carboxylic acids is 1. The summed E-state index contributed by atoms with van der Waals surface area (Å²) in [6.07, 6.45) is -0.272. The molecule has 1 aliphatic rings. The van der Waals surface area contributed by atoms with E-state index in [-0.39, 0.29) is 23.6 Å². The van der Waals surface area contributed by atoms with E-state index in [0.717, 1.165) is 0 Å².